The number of carbonyl (C=O) groups excluding carboxylic acids is 2. The molecule has 0 radical (unpaired) electrons. The smallest absolute Gasteiger partial charge is 0.301 e. The zero-order valence-electron chi connectivity index (χ0n) is 21.4. The van der Waals surface area contributed by atoms with Crippen LogP contribution in [0.3, 0.4) is 0 Å². The van der Waals surface area contributed by atoms with Crippen molar-refractivity contribution in [1.29, 1.82) is 0 Å². The fourth-order valence-corrected chi connectivity index (χ4v) is 5.14. The highest BCUT2D eigenvalue weighted by molar-refractivity contribution is 7.15. The quantitative estimate of drug-likeness (QED) is 0.188. The van der Waals surface area contributed by atoms with Gasteiger partial charge < -0.3 is 19.7 Å². The molecule has 2 N–H and O–H groups in total. The van der Waals surface area contributed by atoms with Crippen molar-refractivity contribution in [3.63, 3.8) is 0 Å². The highest BCUT2D eigenvalue weighted by atomic mass is 32.1. The first kappa shape index (κ1) is 25.9. The summed E-state index contributed by atoms with van der Waals surface area (Å²) in [5, 5.41) is 30.3. The number of benzene rings is 3. The van der Waals surface area contributed by atoms with Crippen molar-refractivity contribution in [2.45, 2.75) is 26.5 Å². The second-order valence-corrected chi connectivity index (χ2v) is 10.2. The van der Waals surface area contributed by atoms with Crippen LogP contribution in [0.15, 0.2) is 72.3 Å². The molecule has 4 aromatic rings. The fraction of sp³-hybridized carbons (Fsp3) is 0.172. The van der Waals surface area contributed by atoms with Crippen LogP contribution in [0.25, 0.3) is 5.76 Å². The van der Waals surface area contributed by atoms with Crippen molar-refractivity contribution < 1.29 is 29.3 Å². The van der Waals surface area contributed by atoms with E-state index in [-0.39, 0.29) is 28.0 Å². The van der Waals surface area contributed by atoms with Gasteiger partial charge in [-0.1, -0.05) is 47.2 Å². The normalized spacial score (nSPS) is 16.5. The van der Waals surface area contributed by atoms with Gasteiger partial charge >= 0.3 is 5.91 Å². The van der Waals surface area contributed by atoms with Crippen molar-refractivity contribution in [1.82, 2.24) is 10.2 Å². The number of aryl methyl sites for hydroxylation is 2. The van der Waals surface area contributed by atoms with Crippen molar-refractivity contribution in [3.05, 3.63) is 99.6 Å². The Kier molecular flexibility index (Phi) is 7.03. The summed E-state index contributed by atoms with van der Waals surface area (Å²) in [6, 6.07) is 18.1. The summed E-state index contributed by atoms with van der Waals surface area (Å²) >= 11 is 1.15. The number of methoxy groups -OCH3 is 1. The number of nitrogens with zero attached hydrogens (tertiary/aromatic N) is 3. The maximum atomic E-state index is 13.3. The van der Waals surface area contributed by atoms with Crippen molar-refractivity contribution in [2.24, 2.45) is 0 Å². The Hall–Kier alpha value is -4.70. The van der Waals surface area contributed by atoms with E-state index in [2.05, 4.69) is 10.2 Å². The van der Waals surface area contributed by atoms with Gasteiger partial charge in [-0.3, -0.25) is 14.5 Å². The van der Waals surface area contributed by atoms with Crippen LogP contribution in [-0.4, -0.2) is 39.2 Å². The van der Waals surface area contributed by atoms with E-state index < -0.39 is 17.7 Å². The molecule has 1 amide bonds. The number of aliphatic hydroxyl groups is 1. The van der Waals surface area contributed by atoms with Crippen molar-refractivity contribution in [3.8, 4) is 17.2 Å². The predicted octanol–water partition coefficient (Wildman–Crippen LogP) is 5.07. The van der Waals surface area contributed by atoms with Gasteiger partial charge in [0.05, 0.1) is 18.7 Å². The SMILES string of the molecule is COc1cc(C2/C(=C(/O)c3ccc(OCc4cccc(C)c4)cc3)C(=O)C(=O)N2c2nnc(C)s2)ccc1O. The second kappa shape index (κ2) is 10.6. The van der Waals surface area contributed by atoms with Crippen LogP contribution in [-0.2, 0) is 16.2 Å². The highest BCUT2D eigenvalue weighted by Gasteiger charge is 2.48. The highest BCUT2D eigenvalue weighted by Crippen LogP contribution is 2.44. The van der Waals surface area contributed by atoms with Gasteiger partial charge in [-0.2, -0.15) is 0 Å². The summed E-state index contributed by atoms with van der Waals surface area (Å²) < 4.78 is 11.1. The Morgan fingerprint density at radius 2 is 1.79 bits per heavy atom. The molecule has 1 fully saturated rings. The molecular formula is C29H25N3O6S. The molecule has 1 aliphatic heterocycles. The zero-order chi connectivity index (χ0) is 27.7. The molecule has 1 aromatic heterocycles. The van der Waals surface area contributed by atoms with Crippen LogP contribution >= 0.6 is 11.3 Å². The molecule has 0 saturated carbocycles. The van der Waals surface area contributed by atoms with Crippen LogP contribution in [0, 0.1) is 13.8 Å². The largest absolute Gasteiger partial charge is 0.507 e. The number of anilines is 1. The van der Waals surface area contributed by atoms with Crippen molar-refractivity contribution >= 4 is 33.9 Å². The molecule has 198 valence electrons. The maximum absolute atomic E-state index is 13.3. The van der Waals surface area contributed by atoms with Gasteiger partial charge in [-0.05, 0) is 61.4 Å². The summed E-state index contributed by atoms with van der Waals surface area (Å²) in [6.07, 6.45) is 0. The molecule has 10 heteroatoms. The third-order valence-electron chi connectivity index (χ3n) is 6.30. The minimum Gasteiger partial charge on any atom is -0.507 e. The molecule has 0 aliphatic carbocycles. The molecule has 3 aromatic carbocycles. The number of ketones is 1. The average molecular weight is 544 g/mol. The lowest BCUT2D eigenvalue weighted by Crippen LogP contribution is -2.29. The Labute approximate surface area is 228 Å². The number of phenolic OH excluding ortho intramolecular Hbond substituents is 1. The fourth-order valence-electron chi connectivity index (χ4n) is 4.43. The predicted molar refractivity (Wildman–Crippen MR) is 146 cm³/mol. The van der Waals surface area contributed by atoms with E-state index in [4.69, 9.17) is 9.47 Å². The number of rotatable bonds is 7. The maximum Gasteiger partial charge on any atom is 0.301 e. The number of Topliss-reactive ketones (excluding diaryl/α,β-unsaturated/α-hetero) is 1. The average Bonchev–Trinajstić information content (AvgIpc) is 3.47. The van der Waals surface area contributed by atoms with E-state index in [1.807, 2.05) is 31.2 Å². The van der Waals surface area contributed by atoms with E-state index in [1.54, 1.807) is 37.3 Å². The van der Waals surface area contributed by atoms with E-state index in [9.17, 15) is 19.8 Å². The van der Waals surface area contributed by atoms with E-state index in [0.29, 0.717) is 28.5 Å². The summed E-state index contributed by atoms with van der Waals surface area (Å²) in [4.78, 5) is 27.8. The molecule has 1 saturated heterocycles. The molecule has 1 atom stereocenters. The Balaban J connectivity index is 1.53. The van der Waals surface area contributed by atoms with Gasteiger partial charge in [-0.25, -0.2) is 0 Å². The third-order valence-corrected chi connectivity index (χ3v) is 7.14. The molecule has 39 heavy (non-hydrogen) atoms. The number of ether oxygens (including phenoxy) is 2. The molecule has 0 spiro atoms. The van der Waals surface area contributed by atoms with Gasteiger partial charge in [0, 0.05) is 5.56 Å². The lowest BCUT2D eigenvalue weighted by Gasteiger charge is -2.23. The monoisotopic (exact) mass is 543 g/mol. The van der Waals surface area contributed by atoms with E-state index in [0.717, 1.165) is 22.5 Å². The molecule has 1 unspecified atom stereocenters. The molecule has 9 nitrogen and oxygen atoms in total. The molecule has 1 aliphatic rings. The standard InChI is InChI=1S/C29H25N3O6S/c1-16-5-4-6-18(13-16)15-38-21-10-7-19(8-11-21)26(34)24-25(20-9-12-22(33)23(14-20)37-3)32(28(36)27(24)35)29-31-30-17(2)39-29/h4-14,25,33-34H,15H2,1-3H3/b26-24-. The van der Waals surface area contributed by atoms with Gasteiger partial charge in [0.1, 0.15) is 23.1 Å². The van der Waals surface area contributed by atoms with Crippen LogP contribution in [0.1, 0.15) is 33.3 Å². The summed E-state index contributed by atoms with van der Waals surface area (Å²) in [6.45, 7) is 4.12. The van der Waals surface area contributed by atoms with Gasteiger partial charge in [0.25, 0.3) is 5.78 Å². The summed E-state index contributed by atoms with van der Waals surface area (Å²) in [7, 11) is 1.40. The molecular weight excluding hydrogens is 518 g/mol. The number of phenols is 1. The minimum atomic E-state index is -1.02. The number of amides is 1. The van der Waals surface area contributed by atoms with Gasteiger partial charge in [0.2, 0.25) is 5.13 Å². The third kappa shape index (κ3) is 5.06. The van der Waals surface area contributed by atoms with Gasteiger partial charge in [-0.15, -0.1) is 10.2 Å². The second-order valence-electron chi connectivity index (χ2n) is 9.01. The topological polar surface area (TPSA) is 122 Å². The van der Waals surface area contributed by atoms with Crippen LogP contribution in [0.2, 0.25) is 0 Å². The number of carbonyl (C=O) groups is 2. The Morgan fingerprint density at radius 1 is 1.03 bits per heavy atom. The Morgan fingerprint density at radius 3 is 2.46 bits per heavy atom. The lowest BCUT2D eigenvalue weighted by atomic mass is 9.95. The van der Waals surface area contributed by atoms with Crippen molar-refractivity contribution in [2.75, 3.05) is 12.0 Å². The van der Waals surface area contributed by atoms with Crippen LogP contribution in [0.4, 0.5) is 5.13 Å². The zero-order valence-corrected chi connectivity index (χ0v) is 22.2. The first-order chi connectivity index (χ1) is 18.8. The number of aliphatic hydroxyl groups excluding tert-OH is 1. The van der Waals surface area contributed by atoms with E-state index >= 15 is 0 Å². The lowest BCUT2D eigenvalue weighted by molar-refractivity contribution is -0.132. The summed E-state index contributed by atoms with van der Waals surface area (Å²) in [5.41, 5.74) is 2.82. The van der Waals surface area contributed by atoms with Gasteiger partial charge in [0.15, 0.2) is 11.5 Å². The van der Waals surface area contributed by atoms with E-state index in [1.165, 1.54) is 24.1 Å². The first-order valence-electron chi connectivity index (χ1n) is 12.0. The Bertz CT molecular complexity index is 1590. The number of aromatic nitrogens is 2. The first-order valence-corrected chi connectivity index (χ1v) is 12.8. The molecule has 2 heterocycles. The number of hydrogen-bond acceptors (Lipinski definition) is 9. The number of aromatic hydroxyl groups is 1. The van der Waals surface area contributed by atoms with Crippen LogP contribution in [0.5, 0.6) is 17.2 Å². The van der Waals surface area contributed by atoms with Crippen LogP contribution < -0.4 is 14.4 Å². The molecule has 5 rings (SSSR count). The molecule has 0 bridgehead atoms. The minimum absolute atomic E-state index is 0.105. The number of hydrogen-bond donors (Lipinski definition) is 2. The summed E-state index contributed by atoms with van der Waals surface area (Å²) in [5.74, 6) is -1.43.